The fourth-order valence-electron chi connectivity index (χ4n) is 3.78. The summed E-state index contributed by atoms with van der Waals surface area (Å²) in [5.41, 5.74) is 5.75. The highest BCUT2D eigenvalue weighted by Gasteiger charge is 2.29. The lowest BCUT2D eigenvalue weighted by Crippen LogP contribution is -2.35. The van der Waals surface area contributed by atoms with Crippen molar-refractivity contribution in [3.8, 4) is 0 Å². The van der Waals surface area contributed by atoms with Gasteiger partial charge < -0.3 is 10.2 Å². The molecule has 2 aromatic rings. The smallest absolute Gasteiger partial charge is 0.328 e. The molecule has 2 aliphatic rings. The van der Waals surface area contributed by atoms with E-state index in [4.69, 9.17) is 10.2 Å². The Labute approximate surface area is 171 Å². The van der Waals surface area contributed by atoms with Gasteiger partial charge in [-0.25, -0.2) is 9.59 Å². The summed E-state index contributed by atoms with van der Waals surface area (Å²) < 4.78 is 1.20. The highest BCUT2D eigenvalue weighted by Crippen LogP contribution is 2.37. The largest absolute Gasteiger partial charge is 0.478 e. The number of H-pyrrole nitrogens is 1. The topological polar surface area (TPSA) is 107 Å². The third-order valence-corrected chi connectivity index (χ3v) is 5.52. The third kappa shape index (κ3) is 5.08. The molecule has 28 heavy (non-hydrogen) atoms. The summed E-state index contributed by atoms with van der Waals surface area (Å²) in [5, 5.41) is 22.9. The second kappa shape index (κ2) is 9.16. The Morgan fingerprint density at radius 1 is 1.18 bits per heavy atom. The van der Waals surface area contributed by atoms with Crippen LogP contribution in [-0.4, -0.2) is 43.8 Å². The van der Waals surface area contributed by atoms with Crippen LogP contribution in [0.1, 0.15) is 41.3 Å². The SMILES string of the molecule is Brc1ccc2c(c1)C(N1CCc3[nH]ncc3C1)CCC2.O=C(O)/C=C/C(=O)O. The number of hydrogen-bond donors (Lipinski definition) is 3. The van der Waals surface area contributed by atoms with Gasteiger partial charge in [-0.05, 0) is 42.5 Å². The van der Waals surface area contributed by atoms with E-state index in [-0.39, 0.29) is 0 Å². The van der Waals surface area contributed by atoms with Crippen molar-refractivity contribution in [2.24, 2.45) is 0 Å². The number of aliphatic carboxylic acids is 2. The van der Waals surface area contributed by atoms with Crippen LogP contribution >= 0.6 is 15.9 Å². The van der Waals surface area contributed by atoms with Crippen LogP contribution in [0.15, 0.2) is 41.0 Å². The number of aromatic amines is 1. The van der Waals surface area contributed by atoms with Crippen LogP contribution in [0.3, 0.4) is 0 Å². The minimum absolute atomic E-state index is 0.558. The number of nitrogens with zero attached hydrogens (tertiary/aromatic N) is 2. The molecule has 2 heterocycles. The van der Waals surface area contributed by atoms with E-state index in [9.17, 15) is 9.59 Å². The van der Waals surface area contributed by atoms with Gasteiger partial charge in [-0.1, -0.05) is 22.0 Å². The summed E-state index contributed by atoms with van der Waals surface area (Å²) >= 11 is 3.63. The third-order valence-electron chi connectivity index (χ3n) is 5.03. The molecule has 4 rings (SSSR count). The molecule has 0 fully saturated rings. The maximum absolute atomic E-state index is 9.55. The monoisotopic (exact) mass is 447 g/mol. The van der Waals surface area contributed by atoms with E-state index in [1.54, 1.807) is 0 Å². The number of carboxylic acid groups (broad SMARTS) is 2. The number of rotatable bonds is 3. The number of hydrogen-bond acceptors (Lipinski definition) is 4. The lowest BCUT2D eigenvalue weighted by Gasteiger charge is -2.38. The van der Waals surface area contributed by atoms with E-state index in [1.807, 2.05) is 6.20 Å². The fourth-order valence-corrected chi connectivity index (χ4v) is 4.16. The number of aromatic nitrogens is 2. The average molecular weight is 448 g/mol. The standard InChI is InChI=1S/C16H18BrN3.C4H4O4/c17-13-5-4-11-2-1-3-16(14(11)8-13)20-7-6-15-12(10-20)9-18-19-15;5-3(6)1-2-4(7)8/h4-5,8-9,16H,1-3,6-7,10H2,(H,18,19);1-2H,(H,5,6)(H,7,8)/b;2-1+. The molecule has 0 spiro atoms. The van der Waals surface area contributed by atoms with Crippen molar-refractivity contribution in [2.45, 2.75) is 38.3 Å². The number of carboxylic acids is 2. The Hall–Kier alpha value is -2.45. The van der Waals surface area contributed by atoms with Gasteiger partial charge in [0.05, 0.1) is 6.20 Å². The molecule has 0 amide bonds. The molecule has 148 valence electrons. The van der Waals surface area contributed by atoms with Crippen molar-refractivity contribution in [2.75, 3.05) is 6.54 Å². The van der Waals surface area contributed by atoms with Crippen molar-refractivity contribution >= 4 is 27.9 Å². The predicted octanol–water partition coefficient (Wildman–Crippen LogP) is 3.32. The Balaban J connectivity index is 0.000000242. The van der Waals surface area contributed by atoms with Crippen molar-refractivity contribution in [1.82, 2.24) is 15.1 Å². The fraction of sp³-hybridized carbons (Fsp3) is 0.350. The van der Waals surface area contributed by atoms with E-state index in [0.29, 0.717) is 18.2 Å². The maximum atomic E-state index is 9.55. The van der Waals surface area contributed by atoms with E-state index in [0.717, 1.165) is 19.5 Å². The van der Waals surface area contributed by atoms with Crippen LogP contribution in [0, 0.1) is 0 Å². The Morgan fingerprint density at radius 2 is 1.93 bits per heavy atom. The van der Waals surface area contributed by atoms with Gasteiger partial charge in [0.1, 0.15) is 0 Å². The molecule has 0 bridgehead atoms. The molecule has 3 N–H and O–H groups in total. The van der Waals surface area contributed by atoms with Crippen molar-refractivity contribution < 1.29 is 19.8 Å². The summed E-state index contributed by atoms with van der Waals surface area (Å²) in [7, 11) is 0. The molecular formula is C20H22BrN3O4. The molecule has 7 nitrogen and oxygen atoms in total. The Bertz CT molecular complexity index is 877. The zero-order valence-corrected chi connectivity index (χ0v) is 16.9. The van der Waals surface area contributed by atoms with E-state index in [1.165, 1.54) is 46.1 Å². The van der Waals surface area contributed by atoms with Gasteiger partial charge in [0.2, 0.25) is 0 Å². The normalized spacial score (nSPS) is 18.7. The summed E-state index contributed by atoms with van der Waals surface area (Å²) in [6.45, 7) is 2.16. The second-order valence-electron chi connectivity index (χ2n) is 6.86. The molecule has 1 aliphatic heterocycles. The van der Waals surface area contributed by atoms with Gasteiger partial charge in [0.25, 0.3) is 0 Å². The van der Waals surface area contributed by atoms with Gasteiger partial charge >= 0.3 is 11.9 Å². The maximum Gasteiger partial charge on any atom is 0.328 e. The highest BCUT2D eigenvalue weighted by molar-refractivity contribution is 9.10. The Morgan fingerprint density at radius 3 is 2.64 bits per heavy atom. The number of benzene rings is 1. The first-order chi connectivity index (χ1) is 13.4. The summed E-state index contributed by atoms with van der Waals surface area (Å²) in [5.74, 6) is -2.51. The molecule has 1 aliphatic carbocycles. The quantitative estimate of drug-likeness (QED) is 0.622. The molecule has 0 saturated carbocycles. The van der Waals surface area contributed by atoms with Crippen LogP contribution in [0.5, 0.6) is 0 Å². The van der Waals surface area contributed by atoms with Crippen LogP contribution in [0.25, 0.3) is 0 Å². The number of fused-ring (bicyclic) bond motifs is 2. The van der Waals surface area contributed by atoms with E-state index in [2.05, 4.69) is 49.2 Å². The number of nitrogens with one attached hydrogen (secondary N) is 1. The number of aryl methyl sites for hydroxylation is 1. The van der Waals surface area contributed by atoms with Crippen molar-refractivity contribution in [1.29, 1.82) is 0 Å². The van der Waals surface area contributed by atoms with Crippen LogP contribution < -0.4 is 0 Å². The molecule has 8 heteroatoms. The first-order valence-electron chi connectivity index (χ1n) is 9.11. The summed E-state index contributed by atoms with van der Waals surface area (Å²) in [6.07, 6.45) is 8.00. The van der Waals surface area contributed by atoms with Crippen LogP contribution in [0.4, 0.5) is 0 Å². The summed E-state index contributed by atoms with van der Waals surface area (Å²) in [4.78, 5) is 21.7. The molecule has 1 unspecified atom stereocenters. The molecular weight excluding hydrogens is 426 g/mol. The highest BCUT2D eigenvalue weighted by atomic mass is 79.9. The van der Waals surface area contributed by atoms with E-state index >= 15 is 0 Å². The second-order valence-corrected chi connectivity index (χ2v) is 7.77. The average Bonchev–Trinajstić information content (AvgIpc) is 3.14. The van der Waals surface area contributed by atoms with Gasteiger partial charge in [-0.3, -0.25) is 10.00 Å². The predicted molar refractivity (Wildman–Crippen MR) is 107 cm³/mol. The number of halogens is 1. The van der Waals surface area contributed by atoms with Gasteiger partial charge in [-0.15, -0.1) is 0 Å². The summed E-state index contributed by atoms with van der Waals surface area (Å²) in [6, 6.07) is 7.35. The zero-order valence-electron chi connectivity index (χ0n) is 15.3. The van der Waals surface area contributed by atoms with Gasteiger partial charge in [0.15, 0.2) is 0 Å². The van der Waals surface area contributed by atoms with Crippen LogP contribution in [-0.2, 0) is 29.0 Å². The molecule has 1 aromatic heterocycles. The van der Waals surface area contributed by atoms with E-state index < -0.39 is 11.9 Å². The molecule has 0 radical (unpaired) electrons. The number of carbonyl (C=O) groups is 2. The first kappa shape index (κ1) is 20.3. The lowest BCUT2D eigenvalue weighted by atomic mass is 9.86. The molecule has 1 aromatic carbocycles. The molecule has 1 atom stereocenters. The molecule has 0 saturated heterocycles. The minimum Gasteiger partial charge on any atom is -0.478 e. The lowest BCUT2D eigenvalue weighted by molar-refractivity contribution is -0.134. The zero-order chi connectivity index (χ0) is 20.1. The minimum atomic E-state index is -1.26. The van der Waals surface area contributed by atoms with Crippen molar-refractivity contribution in [3.63, 3.8) is 0 Å². The van der Waals surface area contributed by atoms with Crippen molar-refractivity contribution in [3.05, 3.63) is 63.4 Å². The first-order valence-corrected chi connectivity index (χ1v) is 9.90. The Kier molecular flexibility index (Phi) is 6.64. The van der Waals surface area contributed by atoms with Gasteiger partial charge in [0, 0.05) is 53.4 Å². The van der Waals surface area contributed by atoms with Gasteiger partial charge in [-0.2, -0.15) is 5.10 Å². The van der Waals surface area contributed by atoms with Crippen LogP contribution in [0.2, 0.25) is 0 Å².